The Hall–Kier alpha value is -0.364. The van der Waals surface area contributed by atoms with Crippen LogP contribution in [0.2, 0.25) is 0 Å². The average molecular weight is 374 g/mol. The van der Waals surface area contributed by atoms with Crippen LogP contribution < -0.4 is 15.4 Å². The first-order valence-electron chi connectivity index (χ1n) is 6.54. The number of hydrogen-bond donors (Lipinski definition) is 4. The topological polar surface area (TPSA) is 133 Å². The molecular weight excluding hydrogens is 349 g/mol. The van der Waals surface area contributed by atoms with Gasteiger partial charge in [0.05, 0.1) is 6.26 Å². The molecule has 1 aromatic rings. The van der Waals surface area contributed by atoms with E-state index in [4.69, 9.17) is 20.7 Å². The number of hydrogen-bond acceptors (Lipinski definition) is 5. The van der Waals surface area contributed by atoms with E-state index in [9.17, 15) is 8.42 Å². The number of nitrogen functional groups attached to an aromatic ring is 1. The van der Waals surface area contributed by atoms with Crippen LogP contribution in [0.5, 0.6) is 0 Å². The summed E-state index contributed by atoms with van der Waals surface area (Å²) in [6.07, 6.45) is -0.670. The summed E-state index contributed by atoms with van der Waals surface area (Å²) >= 11 is 0. The predicted octanol–water partition coefficient (Wildman–Crippen LogP) is 0.527. The molecule has 0 aliphatic heterocycles. The second-order valence-corrected chi connectivity index (χ2v) is 6.40. The van der Waals surface area contributed by atoms with Crippen molar-refractivity contribution < 1.29 is 23.4 Å². The monoisotopic (exact) mass is 373 g/mol. The summed E-state index contributed by atoms with van der Waals surface area (Å²) in [5.74, 6) is 0. The number of sulfonamides is 1. The molecule has 1 aromatic carbocycles. The number of anilines is 2. The van der Waals surface area contributed by atoms with E-state index in [1.54, 1.807) is 0 Å². The molecule has 0 unspecified atom stereocenters. The third-order valence-corrected chi connectivity index (χ3v) is 3.47. The Morgan fingerprint density at radius 2 is 1.87 bits per heavy atom. The van der Waals surface area contributed by atoms with E-state index >= 15 is 0 Å². The summed E-state index contributed by atoms with van der Waals surface area (Å²) in [6.45, 7) is 5.84. The zero-order valence-electron chi connectivity index (χ0n) is 12.9. The van der Waals surface area contributed by atoms with Crippen molar-refractivity contribution in [2.75, 3.05) is 36.5 Å². The van der Waals surface area contributed by atoms with E-state index in [-0.39, 0.29) is 51.4 Å². The summed E-state index contributed by atoms with van der Waals surface area (Å²) in [6, 6.07) is 5.84. The van der Waals surface area contributed by atoms with E-state index in [1.807, 2.05) is 32.0 Å². The van der Waals surface area contributed by atoms with Crippen molar-refractivity contribution in [3.8, 4) is 0 Å². The number of likely N-dealkylation sites (N-methyl/N-ethyl adjacent to an activating group) is 1. The molecule has 0 bridgehead atoms. The molecule has 8 nitrogen and oxygen atoms in total. The van der Waals surface area contributed by atoms with Crippen LogP contribution in [0.15, 0.2) is 18.2 Å². The molecular formula is C13H24KN3O5S. The van der Waals surface area contributed by atoms with Gasteiger partial charge in [-0.15, -0.1) is 0 Å². The number of nitrogens with one attached hydrogen (secondary N) is 1. The van der Waals surface area contributed by atoms with Crippen molar-refractivity contribution in [1.29, 1.82) is 0 Å². The fourth-order valence-electron chi connectivity index (χ4n) is 1.69. The summed E-state index contributed by atoms with van der Waals surface area (Å²) in [5.41, 5.74) is 8.63. The molecule has 5 N–H and O–H groups in total. The van der Waals surface area contributed by atoms with Crippen molar-refractivity contribution in [2.24, 2.45) is 0 Å². The van der Waals surface area contributed by atoms with Gasteiger partial charge in [0.1, 0.15) is 0 Å². The number of carbonyl (C=O) groups is 1. The van der Waals surface area contributed by atoms with Crippen molar-refractivity contribution in [1.82, 2.24) is 4.72 Å². The van der Waals surface area contributed by atoms with Gasteiger partial charge in [-0.1, -0.05) is 0 Å². The molecule has 0 spiro atoms. The van der Waals surface area contributed by atoms with Gasteiger partial charge in [0.25, 0.3) is 0 Å². The molecule has 23 heavy (non-hydrogen) atoms. The first kappa shape index (κ1) is 24.9. The molecule has 0 aromatic heterocycles. The van der Waals surface area contributed by atoms with Crippen molar-refractivity contribution in [2.45, 2.75) is 13.8 Å². The molecule has 1 rings (SSSR count). The van der Waals surface area contributed by atoms with Crippen LogP contribution in [0, 0.1) is 6.92 Å². The summed E-state index contributed by atoms with van der Waals surface area (Å²) in [5, 5.41) is 13.9. The fourth-order valence-corrected chi connectivity index (χ4v) is 2.15. The quantitative estimate of drug-likeness (QED) is 0.422. The van der Waals surface area contributed by atoms with Crippen LogP contribution >= 0.6 is 0 Å². The minimum absolute atomic E-state index is 0. The molecule has 10 heteroatoms. The number of nitrogens with two attached hydrogens (primary N) is 1. The van der Waals surface area contributed by atoms with Crippen LogP contribution in [0.1, 0.15) is 12.5 Å². The molecule has 0 radical (unpaired) electrons. The average Bonchev–Trinajstić information content (AvgIpc) is 2.36. The molecule has 0 aliphatic rings. The van der Waals surface area contributed by atoms with E-state index in [0.29, 0.717) is 13.1 Å². The fraction of sp³-hybridized carbons (Fsp3) is 0.462. The van der Waals surface area contributed by atoms with Crippen molar-refractivity contribution >= 4 is 78.9 Å². The van der Waals surface area contributed by atoms with Gasteiger partial charge in [-0.3, -0.25) is 0 Å². The predicted molar refractivity (Wildman–Crippen MR) is 94.1 cm³/mol. The van der Waals surface area contributed by atoms with Crippen LogP contribution in [-0.2, 0) is 10.0 Å². The number of rotatable bonds is 6. The second-order valence-electron chi connectivity index (χ2n) is 4.57. The van der Waals surface area contributed by atoms with E-state index in [0.717, 1.165) is 29.7 Å². The molecule has 0 aliphatic carbocycles. The van der Waals surface area contributed by atoms with Crippen molar-refractivity contribution in [3.05, 3.63) is 23.8 Å². The maximum atomic E-state index is 11.0. The van der Waals surface area contributed by atoms with Gasteiger partial charge in [0.15, 0.2) is 0 Å². The molecule has 0 fully saturated rings. The minimum atomic E-state index is -3.12. The maximum absolute atomic E-state index is 11.0. The van der Waals surface area contributed by atoms with Gasteiger partial charge in [0.2, 0.25) is 10.0 Å². The summed E-state index contributed by atoms with van der Waals surface area (Å²) in [7, 11) is -3.12. The van der Waals surface area contributed by atoms with Gasteiger partial charge in [-0.05, 0) is 37.6 Å². The molecule has 128 valence electrons. The second kappa shape index (κ2) is 12.1. The van der Waals surface area contributed by atoms with Gasteiger partial charge in [-0.2, -0.15) is 0 Å². The van der Waals surface area contributed by atoms with Crippen LogP contribution in [-0.4, -0.2) is 102 Å². The van der Waals surface area contributed by atoms with Gasteiger partial charge >= 0.3 is 57.5 Å². The number of aryl methyl sites for hydroxylation is 1. The Morgan fingerprint density at radius 3 is 2.26 bits per heavy atom. The number of nitrogens with zero attached hydrogens (tertiary/aromatic N) is 1. The van der Waals surface area contributed by atoms with Crippen molar-refractivity contribution in [3.63, 3.8) is 0 Å². The molecule has 0 amide bonds. The van der Waals surface area contributed by atoms with E-state index in [1.165, 1.54) is 0 Å². The molecule has 0 heterocycles. The van der Waals surface area contributed by atoms with Crippen LogP contribution in [0.3, 0.4) is 0 Å². The SMILES string of the molecule is CCN(CCNS(C)(=O)=O)c1ccc(N)c(C)c1.O=C(O)O.[KH]. The molecule has 0 saturated heterocycles. The van der Waals surface area contributed by atoms with E-state index < -0.39 is 16.2 Å². The first-order valence-corrected chi connectivity index (χ1v) is 8.43. The zero-order valence-corrected chi connectivity index (χ0v) is 13.7. The van der Waals surface area contributed by atoms with E-state index in [2.05, 4.69) is 9.62 Å². The zero-order chi connectivity index (χ0) is 17.3. The Balaban J connectivity index is 0. The van der Waals surface area contributed by atoms with Gasteiger partial charge in [0, 0.05) is 31.0 Å². The standard InChI is InChI=1S/C12H21N3O2S.CH2O3.K.H/c1-4-15(8-7-14-18(3,16)17)11-5-6-12(13)10(2)9-11;2-1(3)4;;/h5-6,9,14H,4,7-8,13H2,1-3H3;(H2,2,3,4);;. The normalized spacial score (nSPS) is 10.0. The Kier molecular flexibility index (Phi) is 13.1. The van der Waals surface area contributed by atoms with Gasteiger partial charge < -0.3 is 20.8 Å². The van der Waals surface area contributed by atoms with Crippen LogP contribution in [0.25, 0.3) is 0 Å². The third-order valence-electron chi connectivity index (χ3n) is 2.75. The third kappa shape index (κ3) is 12.7. The van der Waals surface area contributed by atoms with Gasteiger partial charge in [-0.25, -0.2) is 17.9 Å². The Labute approximate surface area is 179 Å². The number of carboxylic acid groups (broad SMARTS) is 2. The first-order chi connectivity index (χ1) is 10.1. The Morgan fingerprint density at radius 1 is 1.35 bits per heavy atom. The van der Waals surface area contributed by atoms with Crippen LogP contribution in [0.4, 0.5) is 16.2 Å². The molecule has 0 atom stereocenters. The molecule has 0 saturated carbocycles. The summed E-state index contributed by atoms with van der Waals surface area (Å²) < 4.78 is 24.5. The number of benzene rings is 1. The summed E-state index contributed by atoms with van der Waals surface area (Å²) in [4.78, 5) is 10.7. The Bertz CT molecular complexity index is 591.